The maximum atomic E-state index is 13.6. The number of thioether (sulfide) groups is 1. The van der Waals surface area contributed by atoms with Crippen LogP contribution in [0.4, 0.5) is 4.79 Å². The number of aromatic amines is 1. The van der Waals surface area contributed by atoms with E-state index in [0.29, 0.717) is 36.6 Å². The lowest BCUT2D eigenvalue weighted by atomic mass is 9.96. The first-order valence-electron chi connectivity index (χ1n) is 21.5. The van der Waals surface area contributed by atoms with Gasteiger partial charge in [-0.15, -0.1) is 0 Å². The number of hydroxylamine groups is 1. The number of carbonyl (C=O) groups is 9. The van der Waals surface area contributed by atoms with Gasteiger partial charge in [0.05, 0.1) is 25.2 Å². The molecular formula is C41H61N11O11S. The van der Waals surface area contributed by atoms with Gasteiger partial charge in [0.2, 0.25) is 47.3 Å². The number of aromatic nitrogens is 1. The molecule has 2 saturated heterocycles. The summed E-state index contributed by atoms with van der Waals surface area (Å²) in [6.45, 7) is 0.394. The summed E-state index contributed by atoms with van der Waals surface area (Å²) >= 11 is 1.83. The number of H-pyrrole nitrogens is 1. The van der Waals surface area contributed by atoms with E-state index in [2.05, 4.69) is 47.5 Å². The second-order valence-corrected chi connectivity index (χ2v) is 17.2. The van der Waals surface area contributed by atoms with Crippen LogP contribution in [0.1, 0.15) is 76.7 Å². The summed E-state index contributed by atoms with van der Waals surface area (Å²) in [7, 11) is 0. The van der Waals surface area contributed by atoms with Crippen molar-refractivity contribution >= 4 is 76.0 Å². The zero-order chi connectivity index (χ0) is 46.6. The van der Waals surface area contributed by atoms with E-state index >= 15 is 0 Å². The van der Waals surface area contributed by atoms with E-state index in [1.165, 1.54) is 12.4 Å². The Morgan fingerprint density at radius 1 is 0.812 bits per heavy atom. The second-order valence-electron chi connectivity index (χ2n) is 15.9. The number of nitrogens with one attached hydrogen (secondary N) is 10. The fraction of sp³-hybridized carbons (Fsp3) is 0.585. The quantitative estimate of drug-likeness (QED) is 0.0195. The number of amides is 10. The van der Waals surface area contributed by atoms with E-state index in [4.69, 9.17) is 10.9 Å². The predicted molar refractivity (Wildman–Crippen MR) is 234 cm³/mol. The first-order chi connectivity index (χ1) is 30.7. The highest BCUT2D eigenvalue weighted by atomic mass is 32.2. The number of hydrogen-bond acceptors (Lipinski definition) is 12. The van der Waals surface area contributed by atoms with Gasteiger partial charge in [0, 0.05) is 66.4 Å². The van der Waals surface area contributed by atoms with Gasteiger partial charge in [0.1, 0.15) is 18.1 Å². The van der Waals surface area contributed by atoms with Crippen molar-refractivity contribution in [3.63, 3.8) is 0 Å². The van der Waals surface area contributed by atoms with Crippen LogP contribution < -0.4 is 53.7 Å². The van der Waals surface area contributed by atoms with Gasteiger partial charge in [-0.3, -0.25) is 43.6 Å². The van der Waals surface area contributed by atoms with Crippen LogP contribution in [0, 0.1) is 5.92 Å². The molecule has 10 amide bonds. The molecule has 7 atom stereocenters. The molecule has 0 aliphatic carbocycles. The van der Waals surface area contributed by atoms with E-state index in [1.54, 1.807) is 12.3 Å². The average Bonchev–Trinajstić information content (AvgIpc) is 3.97. The molecule has 2 fully saturated rings. The fourth-order valence-corrected chi connectivity index (χ4v) is 9.03. The van der Waals surface area contributed by atoms with Crippen LogP contribution in [-0.2, 0) is 44.8 Å². The van der Waals surface area contributed by atoms with Crippen LogP contribution in [0.15, 0.2) is 30.5 Å². The maximum absolute atomic E-state index is 13.6. The van der Waals surface area contributed by atoms with Gasteiger partial charge in [-0.25, -0.2) is 10.3 Å². The number of para-hydroxylation sites is 1. The van der Waals surface area contributed by atoms with Crippen molar-refractivity contribution in [2.75, 3.05) is 32.0 Å². The number of hydrogen-bond donors (Lipinski definition) is 13. The van der Waals surface area contributed by atoms with Crippen molar-refractivity contribution in [1.82, 2.24) is 53.0 Å². The summed E-state index contributed by atoms with van der Waals surface area (Å²) in [5.74, 6) is -5.43. The van der Waals surface area contributed by atoms with Crippen molar-refractivity contribution in [3.8, 4) is 0 Å². The topological polar surface area (TPSA) is 344 Å². The Kier molecular flexibility index (Phi) is 20.6. The summed E-state index contributed by atoms with van der Waals surface area (Å²) in [6.07, 6.45) is 5.59. The van der Waals surface area contributed by atoms with Crippen molar-refractivity contribution in [3.05, 3.63) is 36.0 Å². The third-order valence-corrected chi connectivity index (χ3v) is 12.5. The number of urea groups is 1. The van der Waals surface area contributed by atoms with E-state index < -0.39 is 84.9 Å². The Balaban J connectivity index is 1.14. The molecule has 1 aromatic carbocycles. The lowest BCUT2D eigenvalue weighted by Gasteiger charge is -2.23. The van der Waals surface area contributed by atoms with Crippen LogP contribution in [0.3, 0.4) is 0 Å². The number of unbranched alkanes of at least 4 members (excludes halogenated alkanes) is 2. The molecule has 23 heteroatoms. The standard InChI is InChI=1S/C41H61N11O11S/c1-23(47-40(61)29(17-25-19-44-27-11-3-2-10-26(25)27)49-39(60)24(9-8-16-53)18-33(55)52-63)38(59)46-20-34(56)45-21-35(57)48-28(37(42)58)12-6-7-15-43-32(54)14-5-4-13-31-36-30(22-64-31)50-41(62)51-36/h2-3,10-11,19,23-24,28-31,36,44,53,63H,4-9,12-18,20-22H2,1H3,(H2,42,58)(H,43,54)(H,45,56)(H,46,59)(H,47,61)(H,48,57)(H,49,60)(H,52,55)(H2,50,51,62)/t23-,24?,28-,29-,30-,31-,36-/m0/s1. The van der Waals surface area contributed by atoms with Gasteiger partial charge in [-0.05, 0) is 63.5 Å². The Morgan fingerprint density at radius 2 is 1.58 bits per heavy atom. The minimum Gasteiger partial charge on any atom is -0.396 e. The number of nitrogens with two attached hydrogens (primary N) is 1. The first-order valence-corrected chi connectivity index (χ1v) is 22.5. The summed E-state index contributed by atoms with van der Waals surface area (Å²) in [5.41, 5.74) is 8.41. The first kappa shape index (κ1) is 50.7. The van der Waals surface area contributed by atoms with Gasteiger partial charge >= 0.3 is 6.03 Å². The van der Waals surface area contributed by atoms with E-state index in [9.17, 15) is 48.3 Å². The van der Waals surface area contributed by atoms with Crippen LogP contribution >= 0.6 is 11.8 Å². The minimum absolute atomic E-state index is 0.0150. The van der Waals surface area contributed by atoms with Crippen molar-refractivity contribution in [2.24, 2.45) is 11.7 Å². The Morgan fingerprint density at radius 3 is 2.33 bits per heavy atom. The van der Waals surface area contributed by atoms with Gasteiger partial charge in [-0.2, -0.15) is 11.8 Å². The Labute approximate surface area is 374 Å². The molecule has 0 saturated carbocycles. The number of carbonyl (C=O) groups excluding carboxylic acids is 9. The molecular weight excluding hydrogens is 855 g/mol. The van der Waals surface area contributed by atoms with Gasteiger partial charge in [0.25, 0.3) is 0 Å². The SMILES string of the molecule is C[C@H](NC(=O)[C@H](Cc1c[nH]c2ccccc12)NC(=O)C(CCCO)CC(=O)NO)C(=O)NCC(=O)NCC(=O)N[C@@H](CCCCNC(=O)CCCC[C@@H]1SC[C@@H]2NC(=O)N[C@@H]21)C(N)=O. The molecule has 14 N–H and O–H groups in total. The van der Waals surface area contributed by atoms with Gasteiger partial charge in [-0.1, -0.05) is 24.6 Å². The molecule has 1 aromatic heterocycles. The number of fused-ring (bicyclic) bond motifs is 2. The molecule has 2 aromatic rings. The molecule has 0 bridgehead atoms. The van der Waals surface area contributed by atoms with Gasteiger partial charge in [0.15, 0.2) is 0 Å². The third kappa shape index (κ3) is 16.3. The molecule has 0 spiro atoms. The minimum atomic E-state index is -1.23. The Hall–Kier alpha value is -5.94. The predicted octanol–water partition coefficient (Wildman–Crippen LogP) is -1.80. The summed E-state index contributed by atoms with van der Waals surface area (Å²) in [4.78, 5) is 116. The van der Waals surface area contributed by atoms with Crippen molar-refractivity contribution in [1.29, 1.82) is 0 Å². The average molecular weight is 916 g/mol. The molecule has 4 rings (SSSR count). The molecule has 3 heterocycles. The Bertz CT molecular complexity index is 1970. The lowest BCUT2D eigenvalue weighted by molar-refractivity contribution is -0.136. The zero-order valence-corrected chi connectivity index (χ0v) is 36.6. The number of aliphatic hydroxyl groups is 1. The van der Waals surface area contributed by atoms with Crippen LogP contribution in [0.25, 0.3) is 10.9 Å². The molecule has 352 valence electrons. The summed E-state index contributed by atoms with van der Waals surface area (Å²) in [5, 5.41) is 40.5. The smallest absolute Gasteiger partial charge is 0.315 e. The van der Waals surface area contributed by atoms with Crippen molar-refractivity contribution < 1.29 is 53.5 Å². The molecule has 2 aliphatic heterocycles. The lowest BCUT2D eigenvalue weighted by Crippen LogP contribution is -2.55. The number of benzene rings is 1. The van der Waals surface area contributed by atoms with E-state index in [1.807, 2.05) is 30.0 Å². The van der Waals surface area contributed by atoms with Crippen LogP contribution in [0.2, 0.25) is 0 Å². The van der Waals surface area contributed by atoms with Crippen LogP contribution in [-0.4, -0.2) is 136 Å². The monoisotopic (exact) mass is 915 g/mol. The van der Waals surface area contributed by atoms with Gasteiger partial charge < -0.3 is 58.4 Å². The highest BCUT2D eigenvalue weighted by Crippen LogP contribution is 2.33. The molecule has 2 aliphatic rings. The van der Waals surface area contributed by atoms with E-state index in [-0.39, 0.29) is 56.3 Å². The highest BCUT2D eigenvalue weighted by molar-refractivity contribution is 8.00. The highest BCUT2D eigenvalue weighted by Gasteiger charge is 2.42. The fourth-order valence-electron chi connectivity index (χ4n) is 7.49. The normalized spacial score (nSPS) is 18.2. The molecule has 22 nitrogen and oxygen atoms in total. The third-order valence-electron chi connectivity index (χ3n) is 11.0. The number of aliphatic hydroxyl groups excluding tert-OH is 1. The van der Waals surface area contributed by atoms with Crippen molar-refractivity contribution in [2.45, 2.75) is 113 Å². The molecule has 64 heavy (non-hydrogen) atoms. The zero-order valence-electron chi connectivity index (χ0n) is 35.8. The maximum Gasteiger partial charge on any atom is 0.315 e. The number of primary amides is 1. The summed E-state index contributed by atoms with van der Waals surface area (Å²) < 4.78 is 0. The van der Waals surface area contributed by atoms with Crippen LogP contribution in [0.5, 0.6) is 0 Å². The molecule has 0 radical (unpaired) electrons. The number of rotatable bonds is 28. The summed E-state index contributed by atoms with van der Waals surface area (Å²) in [6, 6.07) is 4.01. The van der Waals surface area contributed by atoms with E-state index in [0.717, 1.165) is 35.9 Å². The molecule has 1 unspecified atom stereocenters. The largest absolute Gasteiger partial charge is 0.396 e. The second kappa shape index (κ2) is 26.0.